The highest BCUT2D eigenvalue weighted by Crippen LogP contribution is 2.24. The Kier molecular flexibility index (Phi) is 2.62. The van der Waals surface area contributed by atoms with E-state index >= 15 is 0 Å². The molecular formula is C11H16O. The van der Waals surface area contributed by atoms with Crippen molar-refractivity contribution in [1.29, 1.82) is 0 Å². The highest BCUT2D eigenvalue weighted by atomic mass is 16.5. The summed E-state index contributed by atoms with van der Waals surface area (Å²) >= 11 is 0. The van der Waals surface area contributed by atoms with Crippen molar-refractivity contribution in [3.05, 3.63) is 24.3 Å². The highest BCUT2D eigenvalue weighted by molar-refractivity contribution is 5.11. The van der Waals surface area contributed by atoms with Crippen molar-refractivity contribution < 1.29 is 4.74 Å². The molecule has 1 aliphatic heterocycles. The van der Waals surface area contributed by atoms with Gasteiger partial charge in [-0.1, -0.05) is 24.3 Å². The van der Waals surface area contributed by atoms with Gasteiger partial charge in [-0.15, -0.1) is 0 Å². The van der Waals surface area contributed by atoms with Gasteiger partial charge in [-0.2, -0.15) is 0 Å². The molecule has 12 heavy (non-hydrogen) atoms. The Bertz CT molecular complexity index is 187. The van der Waals surface area contributed by atoms with E-state index in [-0.39, 0.29) is 0 Å². The van der Waals surface area contributed by atoms with E-state index in [9.17, 15) is 0 Å². The van der Waals surface area contributed by atoms with E-state index in [4.69, 9.17) is 4.74 Å². The smallest absolute Gasteiger partial charge is 0.0581 e. The van der Waals surface area contributed by atoms with Crippen LogP contribution < -0.4 is 0 Å². The van der Waals surface area contributed by atoms with Crippen LogP contribution in [-0.4, -0.2) is 12.7 Å². The Morgan fingerprint density at radius 2 is 2.33 bits per heavy atom. The van der Waals surface area contributed by atoms with Crippen LogP contribution in [0.25, 0.3) is 0 Å². The van der Waals surface area contributed by atoms with Gasteiger partial charge in [0.05, 0.1) is 6.10 Å². The van der Waals surface area contributed by atoms with E-state index in [2.05, 4.69) is 24.3 Å². The molecule has 2 atom stereocenters. The van der Waals surface area contributed by atoms with Crippen LogP contribution >= 0.6 is 0 Å². The van der Waals surface area contributed by atoms with E-state index in [1.54, 1.807) is 0 Å². The third-order valence-corrected chi connectivity index (χ3v) is 2.66. The summed E-state index contributed by atoms with van der Waals surface area (Å²) in [7, 11) is 0. The van der Waals surface area contributed by atoms with Crippen LogP contribution in [0, 0.1) is 5.92 Å². The molecular weight excluding hydrogens is 148 g/mol. The molecule has 2 aliphatic rings. The van der Waals surface area contributed by atoms with E-state index in [0.29, 0.717) is 6.10 Å². The lowest BCUT2D eigenvalue weighted by atomic mass is 9.94. The fraction of sp³-hybridized carbons (Fsp3) is 0.636. The molecule has 1 heterocycles. The van der Waals surface area contributed by atoms with Gasteiger partial charge in [-0.05, 0) is 31.6 Å². The normalized spacial score (nSPS) is 34.3. The summed E-state index contributed by atoms with van der Waals surface area (Å²) in [6, 6.07) is 0. The van der Waals surface area contributed by atoms with Crippen LogP contribution in [0.2, 0.25) is 0 Å². The van der Waals surface area contributed by atoms with Gasteiger partial charge in [0.2, 0.25) is 0 Å². The number of hydrogen-bond acceptors (Lipinski definition) is 1. The van der Waals surface area contributed by atoms with Crippen LogP contribution in [0.15, 0.2) is 24.3 Å². The van der Waals surface area contributed by atoms with Crippen molar-refractivity contribution in [2.24, 2.45) is 5.92 Å². The van der Waals surface area contributed by atoms with Crippen LogP contribution in [0.4, 0.5) is 0 Å². The second-order valence-corrected chi connectivity index (χ2v) is 3.68. The largest absolute Gasteiger partial charge is 0.378 e. The minimum absolute atomic E-state index is 0.547. The summed E-state index contributed by atoms with van der Waals surface area (Å²) in [4.78, 5) is 0. The number of allylic oxidation sites excluding steroid dienone is 4. The molecule has 1 heteroatoms. The molecule has 0 N–H and O–H groups in total. The van der Waals surface area contributed by atoms with Crippen molar-refractivity contribution in [3.8, 4) is 0 Å². The SMILES string of the molecule is C1=CCC(C[C@@H]2CCCO2)C=C1. The van der Waals surface area contributed by atoms with Crippen molar-refractivity contribution in [3.63, 3.8) is 0 Å². The third kappa shape index (κ3) is 1.98. The molecule has 1 saturated heterocycles. The molecule has 0 saturated carbocycles. The molecule has 1 unspecified atom stereocenters. The molecule has 1 nitrogen and oxygen atoms in total. The molecule has 0 amide bonds. The van der Waals surface area contributed by atoms with Gasteiger partial charge >= 0.3 is 0 Å². The van der Waals surface area contributed by atoms with Gasteiger partial charge in [0.1, 0.15) is 0 Å². The van der Waals surface area contributed by atoms with E-state index in [0.717, 1.165) is 12.5 Å². The van der Waals surface area contributed by atoms with Crippen LogP contribution in [0.3, 0.4) is 0 Å². The standard InChI is InChI=1S/C11H16O/c1-2-5-10(6-3-1)9-11-7-4-8-12-11/h1-3,5,10-11H,4,6-9H2/t10?,11-/m0/s1. The maximum Gasteiger partial charge on any atom is 0.0581 e. The molecule has 1 fully saturated rings. The van der Waals surface area contributed by atoms with Gasteiger partial charge in [-0.3, -0.25) is 0 Å². The van der Waals surface area contributed by atoms with Crippen molar-refractivity contribution in [2.45, 2.75) is 31.8 Å². The quantitative estimate of drug-likeness (QED) is 0.609. The zero-order chi connectivity index (χ0) is 8.23. The van der Waals surface area contributed by atoms with Crippen molar-refractivity contribution >= 4 is 0 Å². The predicted octanol–water partition coefficient (Wildman–Crippen LogP) is 2.69. The molecule has 0 aromatic rings. The lowest BCUT2D eigenvalue weighted by Crippen LogP contribution is -2.11. The maximum atomic E-state index is 5.60. The Morgan fingerprint density at radius 1 is 1.33 bits per heavy atom. The molecule has 66 valence electrons. The first-order valence-corrected chi connectivity index (χ1v) is 4.90. The van der Waals surface area contributed by atoms with Gasteiger partial charge in [0.15, 0.2) is 0 Å². The summed E-state index contributed by atoms with van der Waals surface area (Å²) in [5.74, 6) is 0.734. The monoisotopic (exact) mass is 164 g/mol. The molecule has 0 spiro atoms. The van der Waals surface area contributed by atoms with Crippen LogP contribution in [-0.2, 0) is 4.74 Å². The molecule has 2 rings (SSSR count). The second kappa shape index (κ2) is 3.90. The van der Waals surface area contributed by atoms with Gasteiger partial charge < -0.3 is 4.74 Å². The van der Waals surface area contributed by atoms with Gasteiger partial charge in [0, 0.05) is 6.61 Å². The fourth-order valence-corrected chi connectivity index (χ4v) is 1.97. The first-order valence-electron chi connectivity index (χ1n) is 4.90. The van der Waals surface area contributed by atoms with E-state index in [1.807, 2.05) is 0 Å². The van der Waals surface area contributed by atoms with Gasteiger partial charge in [0.25, 0.3) is 0 Å². The Morgan fingerprint density at radius 3 is 3.00 bits per heavy atom. The van der Waals surface area contributed by atoms with Crippen molar-refractivity contribution in [1.82, 2.24) is 0 Å². The minimum atomic E-state index is 0.547. The first-order chi connectivity index (χ1) is 5.95. The number of hydrogen-bond donors (Lipinski definition) is 0. The second-order valence-electron chi connectivity index (χ2n) is 3.68. The zero-order valence-corrected chi connectivity index (χ0v) is 7.41. The summed E-state index contributed by atoms with van der Waals surface area (Å²) in [6.45, 7) is 0.983. The Hall–Kier alpha value is -0.560. The fourth-order valence-electron chi connectivity index (χ4n) is 1.97. The lowest BCUT2D eigenvalue weighted by Gasteiger charge is -2.16. The van der Waals surface area contributed by atoms with Crippen LogP contribution in [0.5, 0.6) is 0 Å². The molecule has 0 bridgehead atoms. The highest BCUT2D eigenvalue weighted by Gasteiger charge is 2.18. The maximum absolute atomic E-state index is 5.60. The molecule has 0 aromatic carbocycles. The number of rotatable bonds is 2. The van der Waals surface area contributed by atoms with Crippen molar-refractivity contribution in [2.75, 3.05) is 6.61 Å². The van der Waals surface area contributed by atoms with Crippen LogP contribution in [0.1, 0.15) is 25.7 Å². The minimum Gasteiger partial charge on any atom is -0.378 e. The third-order valence-electron chi connectivity index (χ3n) is 2.66. The Labute approximate surface area is 74.1 Å². The molecule has 0 aromatic heterocycles. The van der Waals surface area contributed by atoms with Gasteiger partial charge in [-0.25, -0.2) is 0 Å². The average molecular weight is 164 g/mol. The van der Waals surface area contributed by atoms with E-state index in [1.165, 1.54) is 25.7 Å². The van der Waals surface area contributed by atoms with E-state index < -0.39 is 0 Å². The lowest BCUT2D eigenvalue weighted by molar-refractivity contribution is 0.0951. The zero-order valence-electron chi connectivity index (χ0n) is 7.41. The summed E-state index contributed by atoms with van der Waals surface area (Å²) in [5, 5.41) is 0. The topological polar surface area (TPSA) is 9.23 Å². The molecule has 1 aliphatic carbocycles. The number of ether oxygens (including phenoxy) is 1. The summed E-state index contributed by atoms with van der Waals surface area (Å²) in [6.07, 6.45) is 14.4. The first kappa shape index (κ1) is 8.06. The summed E-state index contributed by atoms with van der Waals surface area (Å²) in [5.41, 5.74) is 0. The molecule has 0 radical (unpaired) electrons. The summed E-state index contributed by atoms with van der Waals surface area (Å²) < 4.78 is 5.60. The Balaban J connectivity index is 1.78. The predicted molar refractivity (Wildman–Crippen MR) is 50.0 cm³/mol. The average Bonchev–Trinajstić information content (AvgIpc) is 2.59.